The Hall–Kier alpha value is -3.88. The first-order valence-electron chi connectivity index (χ1n) is 9.11. The minimum absolute atomic E-state index is 0.0496. The van der Waals surface area contributed by atoms with Crippen molar-refractivity contribution in [1.29, 1.82) is 0 Å². The van der Waals surface area contributed by atoms with Crippen LogP contribution in [0.1, 0.15) is 13.8 Å². The lowest BCUT2D eigenvalue weighted by atomic mass is 10.2. The third kappa shape index (κ3) is 4.70. The molecule has 0 saturated heterocycles. The van der Waals surface area contributed by atoms with Gasteiger partial charge in [0.1, 0.15) is 17.8 Å². The van der Waals surface area contributed by atoms with Crippen LogP contribution in [0.15, 0.2) is 54.9 Å². The second-order valence-electron chi connectivity index (χ2n) is 5.78. The Bertz CT molecular complexity index is 926. The van der Waals surface area contributed by atoms with E-state index in [9.17, 15) is 10.1 Å². The lowest BCUT2D eigenvalue weighted by Crippen LogP contribution is -2.07. The maximum Gasteiger partial charge on any atom is 0.353 e. The van der Waals surface area contributed by atoms with Gasteiger partial charge in [0, 0.05) is 0 Å². The molecule has 0 aliphatic carbocycles. The highest BCUT2D eigenvalue weighted by Gasteiger charge is 2.24. The molecule has 0 amide bonds. The second-order valence-corrected chi connectivity index (χ2v) is 5.78. The van der Waals surface area contributed by atoms with E-state index in [1.165, 1.54) is 6.33 Å². The Morgan fingerprint density at radius 3 is 1.72 bits per heavy atom. The summed E-state index contributed by atoms with van der Waals surface area (Å²) in [5, 5.41) is 17.8. The third-order valence-corrected chi connectivity index (χ3v) is 3.88. The number of nitro groups is 1. The minimum atomic E-state index is -0.531. The zero-order valence-electron chi connectivity index (χ0n) is 16.1. The predicted molar refractivity (Wildman–Crippen MR) is 110 cm³/mol. The molecule has 0 radical (unpaired) electrons. The molecular weight excluding hydrogens is 374 g/mol. The monoisotopic (exact) mass is 395 g/mol. The summed E-state index contributed by atoms with van der Waals surface area (Å²) in [6, 6.07) is 14.3. The number of para-hydroxylation sites is 4. The molecule has 29 heavy (non-hydrogen) atoms. The van der Waals surface area contributed by atoms with Crippen molar-refractivity contribution < 1.29 is 14.4 Å². The Labute approximate surface area is 167 Å². The van der Waals surface area contributed by atoms with Crippen LogP contribution < -0.4 is 20.1 Å². The van der Waals surface area contributed by atoms with Gasteiger partial charge in [-0.2, -0.15) is 0 Å². The molecule has 1 aromatic heterocycles. The van der Waals surface area contributed by atoms with Crippen LogP contribution in [-0.4, -0.2) is 28.1 Å². The summed E-state index contributed by atoms with van der Waals surface area (Å²) in [6.07, 6.45) is 1.25. The number of hydrogen-bond donors (Lipinski definition) is 2. The van der Waals surface area contributed by atoms with Gasteiger partial charge in [-0.15, -0.1) is 0 Å². The van der Waals surface area contributed by atoms with E-state index < -0.39 is 4.92 Å². The number of benzene rings is 2. The quantitative estimate of drug-likeness (QED) is 0.397. The molecule has 0 atom stereocenters. The summed E-state index contributed by atoms with van der Waals surface area (Å²) in [6.45, 7) is 4.65. The molecule has 2 N–H and O–H groups in total. The van der Waals surface area contributed by atoms with E-state index in [0.717, 1.165) is 0 Å². The molecule has 2 aromatic carbocycles. The van der Waals surface area contributed by atoms with Crippen molar-refractivity contribution in [3.8, 4) is 11.5 Å². The van der Waals surface area contributed by atoms with Crippen molar-refractivity contribution >= 4 is 28.7 Å². The van der Waals surface area contributed by atoms with Crippen molar-refractivity contribution in [2.75, 3.05) is 23.8 Å². The first kappa shape index (κ1) is 19.9. The van der Waals surface area contributed by atoms with Crippen molar-refractivity contribution in [1.82, 2.24) is 9.97 Å². The molecule has 9 nitrogen and oxygen atoms in total. The molecule has 9 heteroatoms. The fraction of sp³-hybridized carbons (Fsp3) is 0.200. The van der Waals surface area contributed by atoms with Gasteiger partial charge >= 0.3 is 5.69 Å². The Morgan fingerprint density at radius 1 is 0.862 bits per heavy atom. The van der Waals surface area contributed by atoms with Crippen LogP contribution in [0, 0.1) is 10.1 Å². The van der Waals surface area contributed by atoms with Crippen LogP contribution in [0.25, 0.3) is 0 Å². The van der Waals surface area contributed by atoms with Gasteiger partial charge in [0.2, 0.25) is 11.6 Å². The third-order valence-electron chi connectivity index (χ3n) is 3.88. The van der Waals surface area contributed by atoms with Gasteiger partial charge in [0.15, 0.2) is 0 Å². The fourth-order valence-electron chi connectivity index (χ4n) is 2.69. The van der Waals surface area contributed by atoms with E-state index in [4.69, 9.17) is 9.47 Å². The number of ether oxygens (including phenoxy) is 2. The molecule has 0 aliphatic rings. The van der Waals surface area contributed by atoms with Crippen LogP contribution >= 0.6 is 0 Å². The van der Waals surface area contributed by atoms with Gasteiger partial charge in [-0.3, -0.25) is 10.1 Å². The first-order chi connectivity index (χ1) is 14.1. The van der Waals surface area contributed by atoms with Crippen LogP contribution in [0.4, 0.5) is 28.7 Å². The molecular formula is C20H21N5O4. The molecule has 3 rings (SSSR count). The first-order valence-corrected chi connectivity index (χ1v) is 9.11. The Kier molecular flexibility index (Phi) is 6.41. The van der Waals surface area contributed by atoms with Crippen LogP contribution in [0.5, 0.6) is 11.5 Å². The van der Waals surface area contributed by atoms with Gasteiger partial charge in [-0.05, 0) is 38.1 Å². The van der Waals surface area contributed by atoms with Gasteiger partial charge in [-0.1, -0.05) is 24.3 Å². The number of rotatable bonds is 9. The van der Waals surface area contributed by atoms with Crippen LogP contribution in [0.3, 0.4) is 0 Å². The highest BCUT2D eigenvalue weighted by atomic mass is 16.6. The largest absolute Gasteiger partial charge is 0.492 e. The molecule has 0 spiro atoms. The van der Waals surface area contributed by atoms with Crippen LogP contribution in [0.2, 0.25) is 0 Å². The highest BCUT2D eigenvalue weighted by Crippen LogP contribution is 2.37. The summed E-state index contributed by atoms with van der Waals surface area (Å²) >= 11 is 0. The minimum Gasteiger partial charge on any atom is -0.492 e. The van der Waals surface area contributed by atoms with E-state index in [0.29, 0.717) is 36.1 Å². The molecule has 0 saturated carbocycles. The number of anilines is 4. The van der Waals surface area contributed by atoms with Crippen molar-refractivity contribution in [2.24, 2.45) is 0 Å². The number of nitrogens with zero attached hydrogens (tertiary/aromatic N) is 3. The topological polar surface area (TPSA) is 111 Å². The summed E-state index contributed by atoms with van der Waals surface area (Å²) in [4.78, 5) is 19.4. The zero-order chi connectivity index (χ0) is 20.6. The maximum atomic E-state index is 11.8. The molecule has 3 aromatic rings. The molecule has 1 heterocycles. The fourth-order valence-corrected chi connectivity index (χ4v) is 2.69. The summed E-state index contributed by atoms with van der Waals surface area (Å²) in [7, 11) is 0. The predicted octanol–water partition coefficient (Wildman–Crippen LogP) is 4.67. The maximum absolute atomic E-state index is 11.8. The van der Waals surface area contributed by atoms with Crippen molar-refractivity contribution in [3.63, 3.8) is 0 Å². The number of hydrogen-bond acceptors (Lipinski definition) is 8. The van der Waals surface area contributed by atoms with Gasteiger partial charge in [0.05, 0.1) is 29.5 Å². The van der Waals surface area contributed by atoms with Crippen molar-refractivity contribution in [2.45, 2.75) is 13.8 Å². The number of aromatic nitrogens is 2. The standard InChI is InChI=1S/C20H21N5O4/c1-3-28-16-11-7-5-9-14(16)23-19-18(25(26)27)20(22-13-21-19)24-15-10-6-8-12-17(15)29-4-2/h5-13H,3-4H2,1-2H3,(H2,21,22,23,24). The molecule has 0 aliphatic heterocycles. The molecule has 0 fully saturated rings. The summed E-state index contributed by atoms with van der Waals surface area (Å²) < 4.78 is 11.1. The smallest absolute Gasteiger partial charge is 0.353 e. The van der Waals surface area contributed by atoms with E-state index in [2.05, 4.69) is 20.6 Å². The molecule has 0 bridgehead atoms. The zero-order valence-corrected chi connectivity index (χ0v) is 16.1. The van der Waals surface area contributed by atoms with E-state index in [1.54, 1.807) is 36.4 Å². The van der Waals surface area contributed by atoms with E-state index in [-0.39, 0.29) is 17.3 Å². The number of nitrogens with one attached hydrogen (secondary N) is 2. The average Bonchev–Trinajstić information content (AvgIpc) is 2.71. The lowest BCUT2D eigenvalue weighted by Gasteiger charge is -2.14. The van der Waals surface area contributed by atoms with Gasteiger partial charge in [0.25, 0.3) is 0 Å². The summed E-state index contributed by atoms with van der Waals surface area (Å²) in [5.74, 6) is 1.24. The SMILES string of the molecule is CCOc1ccccc1Nc1ncnc(Nc2ccccc2OCC)c1[N+](=O)[O-]. The van der Waals surface area contributed by atoms with Crippen molar-refractivity contribution in [3.05, 3.63) is 65.0 Å². The molecule has 150 valence electrons. The normalized spacial score (nSPS) is 10.3. The Balaban J connectivity index is 1.99. The van der Waals surface area contributed by atoms with Crippen LogP contribution in [-0.2, 0) is 0 Å². The van der Waals surface area contributed by atoms with Gasteiger partial charge < -0.3 is 20.1 Å². The molecule has 0 unspecified atom stereocenters. The van der Waals surface area contributed by atoms with Gasteiger partial charge in [-0.25, -0.2) is 9.97 Å². The van der Waals surface area contributed by atoms with E-state index >= 15 is 0 Å². The summed E-state index contributed by atoms with van der Waals surface area (Å²) in [5.41, 5.74) is 0.846. The average molecular weight is 395 g/mol. The Morgan fingerprint density at radius 2 is 1.31 bits per heavy atom. The second kappa shape index (κ2) is 9.36. The lowest BCUT2D eigenvalue weighted by molar-refractivity contribution is -0.383. The van der Waals surface area contributed by atoms with E-state index in [1.807, 2.05) is 26.0 Å². The highest BCUT2D eigenvalue weighted by molar-refractivity contribution is 5.79.